The fourth-order valence-corrected chi connectivity index (χ4v) is 5.01. The van der Waals surface area contributed by atoms with Crippen molar-refractivity contribution in [2.45, 2.75) is 45.4 Å². The topological polar surface area (TPSA) is 62.8 Å². The molecule has 0 radical (unpaired) electrons. The number of aromatic nitrogens is 2. The van der Waals surface area contributed by atoms with Gasteiger partial charge in [-0.3, -0.25) is 0 Å². The first kappa shape index (κ1) is 28.4. The molecule has 1 saturated heterocycles. The van der Waals surface area contributed by atoms with E-state index in [0.29, 0.717) is 19.2 Å². The Kier molecular flexibility index (Phi) is 10.4. The van der Waals surface area contributed by atoms with Crippen molar-refractivity contribution in [2.24, 2.45) is 0 Å². The summed E-state index contributed by atoms with van der Waals surface area (Å²) in [7, 11) is 2.13. The zero-order valence-electron chi connectivity index (χ0n) is 24.0. The first-order valence-corrected chi connectivity index (χ1v) is 14.7. The molecule has 4 aromatic rings. The second kappa shape index (κ2) is 15.1. The number of hydrogen-bond acceptors (Lipinski definition) is 7. The summed E-state index contributed by atoms with van der Waals surface area (Å²) in [6, 6.07) is 28.7. The van der Waals surface area contributed by atoms with Gasteiger partial charge in [-0.25, -0.2) is 4.98 Å². The molecule has 0 amide bonds. The molecule has 0 spiro atoms. The van der Waals surface area contributed by atoms with Gasteiger partial charge in [-0.1, -0.05) is 79.6 Å². The SMILES string of the molecule is CN(CCNc1nccc(N2CCCCCC2)n1)Cc1ccc(OCc2ccccc2)c(OCc2ccccc2)c1. The van der Waals surface area contributed by atoms with Crippen LogP contribution in [-0.4, -0.2) is 48.1 Å². The van der Waals surface area contributed by atoms with Gasteiger partial charge in [0.05, 0.1) is 0 Å². The lowest BCUT2D eigenvalue weighted by atomic mass is 10.2. The molecule has 0 bridgehead atoms. The molecule has 7 heteroatoms. The Morgan fingerprint density at radius 1 is 0.756 bits per heavy atom. The van der Waals surface area contributed by atoms with Crippen LogP contribution in [0.15, 0.2) is 91.1 Å². The monoisotopic (exact) mass is 551 g/mol. The lowest BCUT2D eigenvalue weighted by Crippen LogP contribution is -2.27. The Morgan fingerprint density at radius 3 is 2.10 bits per heavy atom. The van der Waals surface area contributed by atoms with Crippen LogP contribution in [0.25, 0.3) is 0 Å². The fraction of sp³-hybridized carbons (Fsp3) is 0.353. The van der Waals surface area contributed by atoms with Gasteiger partial charge in [0.25, 0.3) is 0 Å². The van der Waals surface area contributed by atoms with E-state index in [1.54, 1.807) is 0 Å². The number of rotatable bonds is 13. The Balaban J connectivity index is 1.17. The molecule has 5 rings (SSSR count). The van der Waals surface area contributed by atoms with Crippen LogP contribution in [0.4, 0.5) is 11.8 Å². The zero-order valence-corrected chi connectivity index (χ0v) is 24.0. The molecule has 2 heterocycles. The van der Waals surface area contributed by atoms with Crippen molar-refractivity contribution in [1.29, 1.82) is 0 Å². The number of nitrogens with zero attached hydrogens (tertiary/aromatic N) is 4. The summed E-state index contributed by atoms with van der Waals surface area (Å²) in [6.45, 7) is 5.53. The van der Waals surface area contributed by atoms with Crippen LogP contribution >= 0.6 is 0 Å². The highest BCUT2D eigenvalue weighted by molar-refractivity contribution is 5.44. The molecule has 1 N–H and O–H groups in total. The highest BCUT2D eigenvalue weighted by Gasteiger charge is 2.13. The minimum atomic E-state index is 0.488. The number of benzene rings is 3. The predicted molar refractivity (Wildman–Crippen MR) is 166 cm³/mol. The average Bonchev–Trinajstić information content (AvgIpc) is 3.31. The van der Waals surface area contributed by atoms with Crippen LogP contribution in [0.5, 0.6) is 11.5 Å². The first-order valence-electron chi connectivity index (χ1n) is 14.7. The van der Waals surface area contributed by atoms with Gasteiger partial charge in [-0.05, 0) is 54.8 Å². The molecule has 41 heavy (non-hydrogen) atoms. The summed E-state index contributed by atoms with van der Waals surface area (Å²) in [4.78, 5) is 13.9. The molecular formula is C34H41N5O2. The highest BCUT2D eigenvalue weighted by atomic mass is 16.5. The standard InChI is InChI=1S/C34H41N5O2/c1-38(23-20-36-34-35-19-18-33(37-34)39-21-10-2-3-11-22-39)25-30-16-17-31(40-26-28-12-6-4-7-13-28)32(24-30)41-27-29-14-8-5-9-15-29/h4-9,12-19,24H,2-3,10-11,20-23,25-27H2,1H3,(H,35,36,37). The Hall–Kier alpha value is -4.10. The molecule has 0 aliphatic carbocycles. The number of nitrogens with one attached hydrogen (secondary N) is 1. The molecule has 0 saturated carbocycles. The molecule has 0 atom stereocenters. The van der Waals surface area contributed by atoms with Gasteiger partial charge >= 0.3 is 0 Å². The second-order valence-electron chi connectivity index (χ2n) is 10.6. The molecule has 1 aliphatic rings. The minimum absolute atomic E-state index is 0.488. The molecule has 1 aromatic heterocycles. The average molecular weight is 552 g/mol. The smallest absolute Gasteiger partial charge is 0.224 e. The van der Waals surface area contributed by atoms with Crippen molar-refractivity contribution < 1.29 is 9.47 Å². The fourth-order valence-electron chi connectivity index (χ4n) is 5.01. The molecule has 7 nitrogen and oxygen atoms in total. The quantitative estimate of drug-likeness (QED) is 0.202. The summed E-state index contributed by atoms with van der Waals surface area (Å²) >= 11 is 0. The van der Waals surface area contributed by atoms with E-state index in [1.807, 2.05) is 54.7 Å². The normalized spacial score (nSPS) is 13.6. The van der Waals surface area contributed by atoms with Gasteiger partial charge in [-0.15, -0.1) is 0 Å². The van der Waals surface area contributed by atoms with E-state index in [2.05, 4.69) is 63.5 Å². The lowest BCUT2D eigenvalue weighted by Gasteiger charge is -2.22. The van der Waals surface area contributed by atoms with Crippen molar-refractivity contribution in [2.75, 3.05) is 43.4 Å². The van der Waals surface area contributed by atoms with Gasteiger partial charge in [0.15, 0.2) is 11.5 Å². The molecule has 1 fully saturated rings. The molecular weight excluding hydrogens is 510 g/mol. The van der Waals surface area contributed by atoms with Gasteiger partial charge < -0.3 is 24.6 Å². The predicted octanol–water partition coefficient (Wildman–Crippen LogP) is 6.56. The van der Waals surface area contributed by atoms with E-state index >= 15 is 0 Å². The van der Waals surface area contributed by atoms with E-state index in [9.17, 15) is 0 Å². The van der Waals surface area contributed by atoms with Gasteiger partial charge in [-0.2, -0.15) is 4.98 Å². The molecule has 214 valence electrons. The van der Waals surface area contributed by atoms with E-state index in [0.717, 1.165) is 61.2 Å². The van der Waals surface area contributed by atoms with Gasteiger partial charge in [0.1, 0.15) is 19.0 Å². The summed E-state index contributed by atoms with van der Waals surface area (Å²) in [5.74, 6) is 3.22. The van der Waals surface area contributed by atoms with Crippen LogP contribution in [0.2, 0.25) is 0 Å². The first-order chi connectivity index (χ1) is 20.2. The minimum Gasteiger partial charge on any atom is -0.485 e. The van der Waals surface area contributed by atoms with Crippen LogP contribution in [0.1, 0.15) is 42.4 Å². The van der Waals surface area contributed by atoms with Gasteiger partial charge in [0.2, 0.25) is 5.95 Å². The third-order valence-electron chi connectivity index (χ3n) is 7.28. The molecule has 3 aromatic carbocycles. The van der Waals surface area contributed by atoms with Crippen LogP contribution in [0.3, 0.4) is 0 Å². The maximum absolute atomic E-state index is 6.27. The van der Waals surface area contributed by atoms with Crippen LogP contribution < -0.4 is 19.7 Å². The summed E-state index contributed by atoms with van der Waals surface area (Å²) in [5.41, 5.74) is 3.41. The molecule has 0 unspecified atom stereocenters. The number of ether oxygens (including phenoxy) is 2. The van der Waals surface area contributed by atoms with Gasteiger partial charge in [0, 0.05) is 38.9 Å². The largest absolute Gasteiger partial charge is 0.485 e. The van der Waals surface area contributed by atoms with E-state index in [4.69, 9.17) is 14.5 Å². The van der Waals surface area contributed by atoms with E-state index < -0.39 is 0 Å². The number of hydrogen-bond donors (Lipinski definition) is 1. The van der Waals surface area contributed by atoms with Crippen molar-refractivity contribution in [3.8, 4) is 11.5 Å². The maximum atomic E-state index is 6.27. The highest BCUT2D eigenvalue weighted by Crippen LogP contribution is 2.30. The van der Waals surface area contributed by atoms with Crippen molar-refractivity contribution in [1.82, 2.24) is 14.9 Å². The van der Waals surface area contributed by atoms with Crippen LogP contribution in [0, 0.1) is 0 Å². The Morgan fingerprint density at radius 2 is 1.41 bits per heavy atom. The maximum Gasteiger partial charge on any atom is 0.224 e. The Bertz CT molecular complexity index is 1330. The van der Waals surface area contributed by atoms with E-state index in [1.165, 1.54) is 31.2 Å². The summed E-state index contributed by atoms with van der Waals surface area (Å²) in [5, 5.41) is 3.41. The van der Waals surface area contributed by atoms with E-state index in [-0.39, 0.29) is 0 Å². The van der Waals surface area contributed by atoms with Crippen molar-refractivity contribution in [3.05, 3.63) is 108 Å². The summed E-state index contributed by atoms with van der Waals surface area (Å²) in [6.07, 6.45) is 6.94. The van der Waals surface area contributed by atoms with Crippen molar-refractivity contribution >= 4 is 11.8 Å². The van der Waals surface area contributed by atoms with Crippen LogP contribution in [-0.2, 0) is 19.8 Å². The second-order valence-corrected chi connectivity index (χ2v) is 10.6. The molecule has 1 aliphatic heterocycles. The van der Waals surface area contributed by atoms with Crippen molar-refractivity contribution in [3.63, 3.8) is 0 Å². The summed E-state index contributed by atoms with van der Waals surface area (Å²) < 4.78 is 12.4. The Labute approximate surface area is 244 Å². The lowest BCUT2D eigenvalue weighted by molar-refractivity contribution is 0.255. The third kappa shape index (κ3) is 8.95. The third-order valence-corrected chi connectivity index (χ3v) is 7.28. The number of anilines is 2. The zero-order chi connectivity index (χ0) is 28.1. The number of likely N-dealkylation sites (N-methyl/N-ethyl adjacent to an activating group) is 1.